The number of H-pyrrole nitrogens is 1. The van der Waals surface area contributed by atoms with E-state index in [-0.39, 0.29) is 11.2 Å². The molecule has 0 amide bonds. The summed E-state index contributed by atoms with van der Waals surface area (Å²) in [4.78, 5) is 27.2. The van der Waals surface area contributed by atoms with Crippen molar-refractivity contribution in [2.75, 3.05) is 0 Å². The molecule has 0 spiro atoms. The molecule has 0 atom stereocenters. The summed E-state index contributed by atoms with van der Waals surface area (Å²) in [5, 5.41) is 13.9. The standard InChI is InChI=1S/C18H16N4O3/c1-12-6-3-4-9-17(12)21-18(23)16(13(2)20-21)11-19-14-7-5-8-15(10-14)22(24)25/h3-11,20H,1-2H3. The van der Waals surface area contributed by atoms with E-state index in [1.807, 2.05) is 31.2 Å². The fourth-order valence-electron chi connectivity index (χ4n) is 2.52. The fraction of sp³-hybridized carbons (Fsp3) is 0.111. The molecule has 1 aromatic heterocycles. The zero-order valence-corrected chi connectivity index (χ0v) is 13.8. The molecule has 0 aliphatic heterocycles. The van der Waals surface area contributed by atoms with Crippen LogP contribution in [0.25, 0.3) is 5.69 Å². The van der Waals surface area contributed by atoms with E-state index in [0.717, 1.165) is 11.3 Å². The minimum absolute atomic E-state index is 0.0437. The number of aryl methyl sites for hydroxylation is 2. The molecule has 0 saturated carbocycles. The predicted molar refractivity (Wildman–Crippen MR) is 96.2 cm³/mol. The minimum atomic E-state index is -0.480. The molecule has 0 fully saturated rings. The highest BCUT2D eigenvalue weighted by Gasteiger charge is 2.12. The van der Waals surface area contributed by atoms with Gasteiger partial charge in [0.15, 0.2) is 0 Å². The molecule has 3 aromatic rings. The molecule has 0 aliphatic rings. The van der Waals surface area contributed by atoms with Gasteiger partial charge in [-0.25, -0.2) is 4.68 Å². The summed E-state index contributed by atoms with van der Waals surface area (Å²) in [6.45, 7) is 3.71. The van der Waals surface area contributed by atoms with Crippen molar-refractivity contribution in [2.24, 2.45) is 4.99 Å². The number of rotatable bonds is 4. The van der Waals surface area contributed by atoms with Gasteiger partial charge in [-0.2, -0.15) is 0 Å². The van der Waals surface area contributed by atoms with E-state index in [1.54, 1.807) is 19.1 Å². The van der Waals surface area contributed by atoms with Crippen LogP contribution in [0.5, 0.6) is 0 Å². The van der Waals surface area contributed by atoms with Gasteiger partial charge in [-0.3, -0.25) is 25.0 Å². The number of hydrogen-bond donors (Lipinski definition) is 1. The van der Waals surface area contributed by atoms with Gasteiger partial charge in [0.05, 0.1) is 21.9 Å². The van der Waals surface area contributed by atoms with Crippen molar-refractivity contribution in [3.63, 3.8) is 0 Å². The Kier molecular flexibility index (Phi) is 4.30. The average molecular weight is 336 g/mol. The quantitative estimate of drug-likeness (QED) is 0.449. The zero-order valence-electron chi connectivity index (χ0n) is 13.8. The molecule has 0 unspecified atom stereocenters. The van der Waals surface area contributed by atoms with Gasteiger partial charge in [-0.1, -0.05) is 24.3 Å². The first kappa shape index (κ1) is 16.4. The van der Waals surface area contributed by atoms with Gasteiger partial charge in [-0.05, 0) is 31.5 Å². The Bertz CT molecular complexity index is 1030. The average Bonchev–Trinajstić information content (AvgIpc) is 2.88. The Balaban J connectivity index is 2.00. The Morgan fingerprint density at radius 1 is 1.16 bits per heavy atom. The van der Waals surface area contributed by atoms with Crippen molar-refractivity contribution < 1.29 is 4.92 Å². The highest BCUT2D eigenvalue weighted by Crippen LogP contribution is 2.19. The van der Waals surface area contributed by atoms with E-state index in [9.17, 15) is 14.9 Å². The van der Waals surface area contributed by atoms with Gasteiger partial charge in [0.25, 0.3) is 11.2 Å². The maximum absolute atomic E-state index is 12.7. The summed E-state index contributed by atoms with van der Waals surface area (Å²) in [6.07, 6.45) is 1.43. The van der Waals surface area contributed by atoms with Crippen molar-refractivity contribution in [3.05, 3.63) is 85.8 Å². The first-order valence-electron chi connectivity index (χ1n) is 7.63. The molecule has 126 valence electrons. The fourth-order valence-corrected chi connectivity index (χ4v) is 2.52. The van der Waals surface area contributed by atoms with Crippen LogP contribution >= 0.6 is 0 Å². The van der Waals surface area contributed by atoms with Crippen LogP contribution in [-0.2, 0) is 0 Å². The van der Waals surface area contributed by atoms with E-state index < -0.39 is 4.92 Å². The number of nitro benzene ring substituents is 1. The molecule has 7 heteroatoms. The number of benzene rings is 2. The number of nitro groups is 1. The van der Waals surface area contributed by atoms with E-state index in [1.165, 1.54) is 23.0 Å². The third-order valence-corrected chi connectivity index (χ3v) is 3.86. The molecule has 1 N–H and O–H groups in total. The van der Waals surface area contributed by atoms with Crippen LogP contribution in [0, 0.1) is 24.0 Å². The SMILES string of the molecule is Cc1ccccc1-n1[nH]c(C)c(C=Nc2cccc([N+](=O)[O-])c2)c1=O. The Labute approximate surface area is 143 Å². The third kappa shape index (κ3) is 3.25. The molecule has 1 heterocycles. The molecule has 0 bridgehead atoms. The summed E-state index contributed by atoms with van der Waals surface area (Å²) < 4.78 is 1.47. The molecular weight excluding hydrogens is 320 g/mol. The molecule has 25 heavy (non-hydrogen) atoms. The van der Waals surface area contributed by atoms with Crippen LogP contribution in [0.4, 0.5) is 11.4 Å². The van der Waals surface area contributed by atoms with Crippen LogP contribution in [0.15, 0.2) is 58.3 Å². The van der Waals surface area contributed by atoms with E-state index in [4.69, 9.17) is 0 Å². The van der Waals surface area contributed by atoms with Gasteiger partial charge in [0.2, 0.25) is 0 Å². The smallest absolute Gasteiger partial charge is 0.280 e. The molecule has 2 aromatic carbocycles. The van der Waals surface area contributed by atoms with Crippen LogP contribution < -0.4 is 5.56 Å². The number of para-hydroxylation sites is 1. The number of aliphatic imine (C=N–C) groups is 1. The largest absolute Gasteiger partial charge is 0.295 e. The van der Waals surface area contributed by atoms with Crippen LogP contribution in [0.2, 0.25) is 0 Å². The molecule has 0 aliphatic carbocycles. The lowest BCUT2D eigenvalue weighted by Gasteiger charge is -2.04. The van der Waals surface area contributed by atoms with Crippen molar-refractivity contribution in [1.82, 2.24) is 9.78 Å². The van der Waals surface area contributed by atoms with Gasteiger partial charge in [0.1, 0.15) is 0 Å². The van der Waals surface area contributed by atoms with Gasteiger partial charge >= 0.3 is 0 Å². The Morgan fingerprint density at radius 2 is 1.92 bits per heavy atom. The van der Waals surface area contributed by atoms with Gasteiger partial charge in [0, 0.05) is 24.0 Å². The van der Waals surface area contributed by atoms with E-state index in [0.29, 0.717) is 16.9 Å². The maximum atomic E-state index is 12.7. The molecule has 7 nitrogen and oxygen atoms in total. The van der Waals surface area contributed by atoms with Crippen molar-refractivity contribution in [3.8, 4) is 5.69 Å². The second kappa shape index (κ2) is 6.56. The predicted octanol–water partition coefficient (Wildman–Crippen LogP) is 3.44. The lowest BCUT2D eigenvalue weighted by atomic mass is 10.2. The first-order valence-corrected chi connectivity index (χ1v) is 7.63. The molecular formula is C18H16N4O3. The summed E-state index contributed by atoms with van der Waals surface area (Å²) in [5.41, 5.74) is 2.96. The Morgan fingerprint density at radius 3 is 2.64 bits per heavy atom. The van der Waals surface area contributed by atoms with Crippen LogP contribution in [0.3, 0.4) is 0 Å². The van der Waals surface area contributed by atoms with Crippen molar-refractivity contribution >= 4 is 17.6 Å². The second-order valence-electron chi connectivity index (χ2n) is 5.61. The van der Waals surface area contributed by atoms with Crippen LogP contribution in [-0.4, -0.2) is 20.9 Å². The number of aromatic amines is 1. The lowest BCUT2D eigenvalue weighted by molar-refractivity contribution is -0.384. The summed E-state index contributed by atoms with van der Waals surface area (Å²) in [7, 11) is 0. The maximum Gasteiger partial charge on any atom is 0.280 e. The monoisotopic (exact) mass is 336 g/mol. The summed E-state index contributed by atoms with van der Waals surface area (Å²) in [6, 6.07) is 13.5. The Hall–Kier alpha value is -3.48. The number of hydrogen-bond acceptors (Lipinski definition) is 4. The molecule has 3 rings (SSSR count). The first-order chi connectivity index (χ1) is 12.0. The third-order valence-electron chi connectivity index (χ3n) is 3.86. The van der Waals surface area contributed by atoms with E-state index in [2.05, 4.69) is 10.1 Å². The summed E-state index contributed by atoms with van der Waals surface area (Å²) >= 11 is 0. The minimum Gasteiger partial charge on any atom is -0.295 e. The topological polar surface area (TPSA) is 93.3 Å². The number of nitrogens with one attached hydrogen (secondary N) is 1. The number of non-ortho nitro benzene ring substituents is 1. The molecule has 0 radical (unpaired) electrons. The number of nitrogens with zero attached hydrogens (tertiary/aromatic N) is 3. The van der Waals surface area contributed by atoms with Gasteiger partial charge < -0.3 is 0 Å². The highest BCUT2D eigenvalue weighted by molar-refractivity contribution is 5.83. The zero-order chi connectivity index (χ0) is 18.0. The number of aromatic nitrogens is 2. The normalized spacial score (nSPS) is 11.1. The molecule has 0 saturated heterocycles. The van der Waals surface area contributed by atoms with Gasteiger partial charge in [-0.15, -0.1) is 0 Å². The summed E-state index contributed by atoms with van der Waals surface area (Å²) in [5.74, 6) is 0. The van der Waals surface area contributed by atoms with E-state index >= 15 is 0 Å². The van der Waals surface area contributed by atoms with Crippen LogP contribution in [0.1, 0.15) is 16.8 Å². The van der Waals surface area contributed by atoms with Crippen molar-refractivity contribution in [1.29, 1.82) is 0 Å². The highest BCUT2D eigenvalue weighted by atomic mass is 16.6. The lowest BCUT2D eigenvalue weighted by Crippen LogP contribution is -2.18. The van der Waals surface area contributed by atoms with Crippen molar-refractivity contribution in [2.45, 2.75) is 13.8 Å². The second-order valence-corrected chi connectivity index (χ2v) is 5.61.